The molecule has 2 aromatic rings. The van der Waals surface area contributed by atoms with E-state index in [2.05, 4.69) is 73.2 Å². The predicted octanol–water partition coefficient (Wildman–Crippen LogP) is 5.13. The molecule has 1 heterocycles. The fourth-order valence-corrected chi connectivity index (χ4v) is 4.01. The minimum atomic E-state index is 0.276. The van der Waals surface area contributed by atoms with Crippen molar-refractivity contribution in [2.45, 2.75) is 33.7 Å². The molecule has 0 radical (unpaired) electrons. The van der Waals surface area contributed by atoms with E-state index in [1.807, 2.05) is 11.3 Å². The van der Waals surface area contributed by atoms with E-state index in [-0.39, 0.29) is 6.04 Å². The van der Waals surface area contributed by atoms with Gasteiger partial charge in [-0.3, -0.25) is 0 Å². The van der Waals surface area contributed by atoms with Crippen LogP contribution >= 0.6 is 27.3 Å². The molecule has 0 spiro atoms. The summed E-state index contributed by atoms with van der Waals surface area (Å²) in [5.74, 6) is 0. The van der Waals surface area contributed by atoms with Crippen molar-refractivity contribution < 1.29 is 0 Å². The van der Waals surface area contributed by atoms with Crippen LogP contribution in [0.5, 0.6) is 0 Å². The number of hydrogen-bond donors (Lipinski definition) is 1. The Morgan fingerprint density at radius 3 is 2.53 bits per heavy atom. The topological polar surface area (TPSA) is 12.0 Å². The van der Waals surface area contributed by atoms with Crippen LogP contribution in [0.2, 0.25) is 0 Å². The van der Waals surface area contributed by atoms with Crippen LogP contribution in [0.3, 0.4) is 0 Å². The van der Waals surface area contributed by atoms with Gasteiger partial charge in [0.05, 0.1) is 6.04 Å². The Kier molecular flexibility index (Phi) is 4.82. The molecule has 0 bridgehead atoms. The van der Waals surface area contributed by atoms with Gasteiger partial charge in [0.1, 0.15) is 0 Å². The zero-order valence-electron chi connectivity index (χ0n) is 11.9. The SMILES string of the molecule is CCNC(c1cccc(C)c1Br)c1sc(C)cc1C. The number of thiophene rings is 1. The molecular formula is C16H20BrNS. The van der Waals surface area contributed by atoms with Gasteiger partial charge in [0, 0.05) is 14.2 Å². The second kappa shape index (κ2) is 6.21. The highest BCUT2D eigenvalue weighted by Gasteiger charge is 2.20. The molecule has 1 aromatic carbocycles. The van der Waals surface area contributed by atoms with E-state index < -0.39 is 0 Å². The molecule has 0 aliphatic carbocycles. The molecule has 3 heteroatoms. The van der Waals surface area contributed by atoms with Gasteiger partial charge >= 0.3 is 0 Å². The third kappa shape index (κ3) is 3.10. The zero-order chi connectivity index (χ0) is 14.0. The van der Waals surface area contributed by atoms with Crippen LogP contribution < -0.4 is 5.32 Å². The minimum Gasteiger partial charge on any atom is -0.306 e. The average Bonchev–Trinajstić information content (AvgIpc) is 2.69. The van der Waals surface area contributed by atoms with Gasteiger partial charge in [-0.25, -0.2) is 0 Å². The molecule has 0 amide bonds. The molecule has 1 aromatic heterocycles. The highest BCUT2D eigenvalue weighted by Crippen LogP contribution is 2.36. The van der Waals surface area contributed by atoms with Crippen LogP contribution in [0, 0.1) is 20.8 Å². The van der Waals surface area contributed by atoms with Crippen molar-refractivity contribution in [1.29, 1.82) is 0 Å². The number of halogens is 1. The Balaban J connectivity index is 2.51. The summed E-state index contributed by atoms with van der Waals surface area (Å²) in [6.45, 7) is 9.64. The molecule has 0 aliphatic heterocycles. The van der Waals surface area contributed by atoms with Crippen LogP contribution in [-0.4, -0.2) is 6.54 Å². The van der Waals surface area contributed by atoms with E-state index in [1.54, 1.807) is 0 Å². The summed E-state index contributed by atoms with van der Waals surface area (Å²) in [6.07, 6.45) is 0. The Labute approximate surface area is 128 Å². The maximum absolute atomic E-state index is 3.74. The first kappa shape index (κ1) is 14.8. The molecule has 2 rings (SSSR count). The van der Waals surface area contributed by atoms with Gasteiger partial charge in [0.15, 0.2) is 0 Å². The Hall–Kier alpha value is -0.640. The van der Waals surface area contributed by atoms with Crippen molar-refractivity contribution in [1.82, 2.24) is 5.32 Å². The lowest BCUT2D eigenvalue weighted by molar-refractivity contribution is 0.634. The number of rotatable bonds is 4. The smallest absolute Gasteiger partial charge is 0.0684 e. The summed E-state index contributed by atoms with van der Waals surface area (Å²) in [5, 5.41) is 3.62. The number of nitrogens with one attached hydrogen (secondary N) is 1. The van der Waals surface area contributed by atoms with Crippen LogP contribution in [0.25, 0.3) is 0 Å². The number of hydrogen-bond acceptors (Lipinski definition) is 2. The van der Waals surface area contributed by atoms with E-state index in [4.69, 9.17) is 0 Å². The summed E-state index contributed by atoms with van der Waals surface area (Å²) < 4.78 is 1.21. The molecule has 1 atom stereocenters. The zero-order valence-corrected chi connectivity index (χ0v) is 14.3. The van der Waals surface area contributed by atoms with Crippen LogP contribution in [0.15, 0.2) is 28.7 Å². The van der Waals surface area contributed by atoms with Gasteiger partial charge < -0.3 is 5.32 Å². The molecule has 0 saturated heterocycles. The Morgan fingerprint density at radius 1 is 1.21 bits per heavy atom. The quantitative estimate of drug-likeness (QED) is 0.814. The summed E-state index contributed by atoms with van der Waals surface area (Å²) in [7, 11) is 0. The Bertz CT molecular complexity index is 574. The monoisotopic (exact) mass is 337 g/mol. The highest BCUT2D eigenvalue weighted by atomic mass is 79.9. The highest BCUT2D eigenvalue weighted by molar-refractivity contribution is 9.10. The minimum absolute atomic E-state index is 0.276. The van der Waals surface area contributed by atoms with Gasteiger partial charge in [0.2, 0.25) is 0 Å². The van der Waals surface area contributed by atoms with Crippen LogP contribution in [0.4, 0.5) is 0 Å². The first-order chi connectivity index (χ1) is 9.04. The van der Waals surface area contributed by atoms with Gasteiger partial charge in [-0.1, -0.05) is 41.1 Å². The van der Waals surface area contributed by atoms with Crippen molar-refractivity contribution >= 4 is 27.3 Å². The van der Waals surface area contributed by atoms with Crippen molar-refractivity contribution in [2.24, 2.45) is 0 Å². The van der Waals surface area contributed by atoms with Crippen molar-refractivity contribution in [3.8, 4) is 0 Å². The van der Waals surface area contributed by atoms with Crippen molar-refractivity contribution in [2.75, 3.05) is 6.54 Å². The fourth-order valence-electron chi connectivity index (χ4n) is 2.39. The number of benzene rings is 1. The maximum atomic E-state index is 3.74. The third-order valence-corrected chi connectivity index (χ3v) is 5.58. The van der Waals surface area contributed by atoms with Gasteiger partial charge in [-0.05, 0) is 50.1 Å². The molecule has 19 heavy (non-hydrogen) atoms. The van der Waals surface area contributed by atoms with Crippen LogP contribution in [-0.2, 0) is 0 Å². The van der Waals surface area contributed by atoms with Crippen LogP contribution in [0.1, 0.15) is 39.4 Å². The summed E-state index contributed by atoms with van der Waals surface area (Å²) in [6, 6.07) is 9.03. The molecule has 1 nitrogen and oxygen atoms in total. The fraction of sp³-hybridized carbons (Fsp3) is 0.375. The summed E-state index contributed by atoms with van der Waals surface area (Å²) in [5.41, 5.74) is 3.99. The second-order valence-corrected chi connectivity index (χ2v) is 6.95. The molecular weight excluding hydrogens is 318 g/mol. The van der Waals surface area contributed by atoms with Gasteiger partial charge in [-0.2, -0.15) is 0 Å². The summed E-state index contributed by atoms with van der Waals surface area (Å²) in [4.78, 5) is 2.80. The number of aryl methyl sites for hydroxylation is 3. The molecule has 102 valence electrons. The normalized spacial score (nSPS) is 12.7. The first-order valence-electron chi connectivity index (χ1n) is 6.60. The standard InChI is InChI=1S/C16H20BrNS/c1-5-18-15(16-11(3)9-12(4)19-16)13-8-6-7-10(2)14(13)17/h6-9,15,18H,5H2,1-4H3. The van der Waals surface area contributed by atoms with E-state index in [0.29, 0.717) is 0 Å². The predicted molar refractivity (Wildman–Crippen MR) is 88.2 cm³/mol. The lowest BCUT2D eigenvalue weighted by Gasteiger charge is -2.20. The molecule has 0 fully saturated rings. The summed E-state index contributed by atoms with van der Waals surface area (Å²) >= 11 is 5.63. The Morgan fingerprint density at radius 2 is 1.95 bits per heavy atom. The van der Waals surface area contributed by atoms with Crippen molar-refractivity contribution in [3.63, 3.8) is 0 Å². The molecule has 1 unspecified atom stereocenters. The van der Waals surface area contributed by atoms with E-state index in [0.717, 1.165) is 6.54 Å². The molecule has 0 aliphatic rings. The average molecular weight is 338 g/mol. The lowest BCUT2D eigenvalue weighted by Crippen LogP contribution is -2.22. The maximum Gasteiger partial charge on any atom is 0.0684 e. The lowest BCUT2D eigenvalue weighted by atomic mass is 10.0. The molecule has 1 N–H and O–H groups in total. The van der Waals surface area contributed by atoms with E-state index >= 15 is 0 Å². The largest absolute Gasteiger partial charge is 0.306 e. The third-order valence-electron chi connectivity index (χ3n) is 3.28. The van der Waals surface area contributed by atoms with Gasteiger partial charge in [0.25, 0.3) is 0 Å². The first-order valence-corrected chi connectivity index (χ1v) is 8.20. The van der Waals surface area contributed by atoms with Gasteiger partial charge in [-0.15, -0.1) is 11.3 Å². The van der Waals surface area contributed by atoms with Crippen molar-refractivity contribution in [3.05, 3.63) is 55.2 Å². The van der Waals surface area contributed by atoms with E-state index in [9.17, 15) is 0 Å². The molecule has 0 saturated carbocycles. The second-order valence-electron chi connectivity index (χ2n) is 4.87. The van der Waals surface area contributed by atoms with E-state index in [1.165, 1.54) is 30.9 Å².